The summed E-state index contributed by atoms with van der Waals surface area (Å²) in [5.74, 6) is -0.141. The number of carbonyl (C=O) groups excluding carboxylic acids is 1. The zero-order chi connectivity index (χ0) is 13.0. The number of ether oxygens (including phenoxy) is 1. The average molecular weight is 247 g/mol. The highest BCUT2D eigenvalue weighted by atomic mass is 16.5. The summed E-state index contributed by atoms with van der Waals surface area (Å²) in [5, 5.41) is 0. The first-order valence-corrected chi connectivity index (χ1v) is 6.62. The summed E-state index contributed by atoms with van der Waals surface area (Å²) in [6.45, 7) is 2.91. The average Bonchev–Trinajstić information content (AvgIpc) is 2.46. The maximum absolute atomic E-state index is 11.7. The molecule has 1 unspecified atom stereocenters. The zero-order valence-corrected chi connectivity index (χ0v) is 11.1. The lowest BCUT2D eigenvalue weighted by molar-refractivity contribution is -0.148. The molecule has 1 aliphatic heterocycles. The molecule has 2 atom stereocenters. The normalized spacial score (nSPS) is 22.4. The van der Waals surface area contributed by atoms with E-state index < -0.39 is 0 Å². The molecule has 0 radical (unpaired) electrons. The number of carbonyl (C=O) groups is 1. The van der Waals surface area contributed by atoms with Gasteiger partial charge in [0.2, 0.25) is 0 Å². The minimum absolute atomic E-state index is 0.141. The molecule has 0 aromatic heterocycles. The lowest BCUT2D eigenvalue weighted by Crippen LogP contribution is -2.44. The Balaban J connectivity index is 2.18. The second kappa shape index (κ2) is 6.01. The van der Waals surface area contributed by atoms with E-state index in [9.17, 15) is 4.79 Å². The largest absolute Gasteiger partial charge is 0.468 e. The van der Waals surface area contributed by atoms with Gasteiger partial charge in [-0.25, -0.2) is 0 Å². The van der Waals surface area contributed by atoms with Crippen LogP contribution in [0.25, 0.3) is 0 Å². The van der Waals surface area contributed by atoms with E-state index in [1.807, 2.05) is 13.0 Å². The lowest BCUT2D eigenvalue weighted by atomic mass is 9.94. The van der Waals surface area contributed by atoms with Crippen molar-refractivity contribution in [1.29, 1.82) is 0 Å². The van der Waals surface area contributed by atoms with Gasteiger partial charge >= 0.3 is 5.97 Å². The Morgan fingerprint density at radius 2 is 2.06 bits per heavy atom. The minimum atomic E-state index is -0.166. The van der Waals surface area contributed by atoms with Gasteiger partial charge in [-0.15, -0.1) is 0 Å². The molecule has 1 heterocycles. The third-order valence-corrected chi connectivity index (χ3v) is 3.77. The van der Waals surface area contributed by atoms with Crippen LogP contribution in [0.5, 0.6) is 0 Å². The van der Waals surface area contributed by atoms with Gasteiger partial charge in [-0.3, -0.25) is 9.69 Å². The Bertz CT molecular complexity index is 391. The van der Waals surface area contributed by atoms with Crippen molar-refractivity contribution in [2.45, 2.75) is 38.3 Å². The number of nitrogens with zero attached hydrogens (tertiary/aromatic N) is 1. The summed E-state index contributed by atoms with van der Waals surface area (Å²) in [7, 11) is 1.46. The van der Waals surface area contributed by atoms with Crippen LogP contribution in [-0.2, 0) is 9.53 Å². The molecule has 0 spiro atoms. The molecule has 3 heteroatoms. The summed E-state index contributed by atoms with van der Waals surface area (Å²) < 4.78 is 4.87. The summed E-state index contributed by atoms with van der Waals surface area (Å²) in [6.07, 6.45) is 3.50. The second-order valence-corrected chi connectivity index (χ2v) is 4.86. The Morgan fingerprint density at radius 1 is 1.33 bits per heavy atom. The van der Waals surface area contributed by atoms with Gasteiger partial charge in [0.1, 0.15) is 6.04 Å². The smallest absolute Gasteiger partial charge is 0.322 e. The van der Waals surface area contributed by atoms with Crippen LogP contribution in [0.3, 0.4) is 0 Å². The number of likely N-dealkylation sites (tertiary alicyclic amines) is 1. The number of piperidine rings is 1. The van der Waals surface area contributed by atoms with Crippen LogP contribution in [0.15, 0.2) is 30.3 Å². The topological polar surface area (TPSA) is 29.5 Å². The van der Waals surface area contributed by atoms with Crippen molar-refractivity contribution in [1.82, 2.24) is 4.90 Å². The first-order chi connectivity index (χ1) is 8.74. The minimum Gasteiger partial charge on any atom is -0.468 e. The molecule has 0 saturated carbocycles. The van der Waals surface area contributed by atoms with Gasteiger partial charge in [0, 0.05) is 6.04 Å². The molecule has 1 aromatic rings. The van der Waals surface area contributed by atoms with Crippen molar-refractivity contribution in [3.63, 3.8) is 0 Å². The lowest BCUT2D eigenvalue weighted by Gasteiger charge is -2.38. The molecule has 3 nitrogen and oxygen atoms in total. The van der Waals surface area contributed by atoms with Crippen molar-refractivity contribution in [3.8, 4) is 0 Å². The highest BCUT2D eigenvalue weighted by Crippen LogP contribution is 2.32. The highest BCUT2D eigenvalue weighted by Gasteiger charge is 2.31. The number of methoxy groups -OCH3 is 1. The molecule has 1 aromatic carbocycles. The van der Waals surface area contributed by atoms with Gasteiger partial charge in [0.25, 0.3) is 0 Å². The van der Waals surface area contributed by atoms with E-state index in [4.69, 9.17) is 4.74 Å². The van der Waals surface area contributed by atoms with E-state index in [1.54, 1.807) is 0 Å². The van der Waals surface area contributed by atoms with Crippen LogP contribution in [-0.4, -0.2) is 30.6 Å². The van der Waals surface area contributed by atoms with Crippen LogP contribution in [0.4, 0.5) is 0 Å². The van der Waals surface area contributed by atoms with Crippen LogP contribution in [0, 0.1) is 0 Å². The van der Waals surface area contributed by atoms with Crippen molar-refractivity contribution in [2.75, 3.05) is 13.7 Å². The molecule has 0 aliphatic carbocycles. The van der Waals surface area contributed by atoms with E-state index in [2.05, 4.69) is 29.2 Å². The van der Waals surface area contributed by atoms with Crippen molar-refractivity contribution in [2.24, 2.45) is 0 Å². The summed E-state index contributed by atoms with van der Waals surface area (Å²) in [4.78, 5) is 14.0. The number of rotatable bonds is 3. The van der Waals surface area contributed by atoms with Gasteiger partial charge in [-0.2, -0.15) is 0 Å². The molecule has 0 bridgehead atoms. The fraction of sp³-hybridized carbons (Fsp3) is 0.533. The van der Waals surface area contributed by atoms with Gasteiger partial charge in [-0.1, -0.05) is 36.8 Å². The summed E-state index contributed by atoms with van der Waals surface area (Å²) in [5.41, 5.74) is 1.30. The standard InChI is InChI=1S/C15H21NO2/c1-12(15(17)18-2)16-11-7-6-10-14(16)13-8-4-3-5-9-13/h3-5,8-9,12,14H,6-7,10-11H2,1-2H3/t12?,14-/m1/s1. The first kappa shape index (κ1) is 13.1. The molecule has 2 rings (SSSR count). The molecule has 1 aliphatic rings. The Hall–Kier alpha value is -1.35. The fourth-order valence-electron chi connectivity index (χ4n) is 2.76. The predicted molar refractivity (Wildman–Crippen MR) is 71.2 cm³/mol. The third kappa shape index (κ3) is 2.72. The zero-order valence-electron chi connectivity index (χ0n) is 11.1. The third-order valence-electron chi connectivity index (χ3n) is 3.77. The van der Waals surface area contributed by atoms with Crippen molar-refractivity contribution >= 4 is 5.97 Å². The van der Waals surface area contributed by atoms with E-state index in [0.717, 1.165) is 19.4 Å². The number of esters is 1. The summed E-state index contributed by atoms with van der Waals surface area (Å²) in [6, 6.07) is 10.6. The predicted octanol–water partition coefficient (Wildman–Crippen LogP) is 2.78. The molecule has 0 amide bonds. The maximum atomic E-state index is 11.7. The van der Waals surface area contributed by atoms with Crippen LogP contribution < -0.4 is 0 Å². The number of benzene rings is 1. The van der Waals surface area contributed by atoms with E-state index in [1.165, 1.54) is 19.1 Å². The van der Waals surface area contributed by atoms with Gasteiger partial charge in [-0.05, 0) is 31.9 Å². The van der Waals surface area contributed by atoms with Gasteiger partial charge < -0.3 is 4.74 Å². The van der Waals surface area contributed by atoms with Crippen LogP contribution >= 0.6 is 0 Å². The molecule has 0 N–H and O–H groups in total. The van der Waals surface area contributed by atoms with Crippen LogP contribution in [0.1, 0.15) is 37.8 Å². The molecule has 98 valence electrons. The quantitative estimate of drug-likeness (QED) is 0.769. The molecule has 1 saturated heterocycles. The Kier molecular flexibility index (Phi) is 4.37. The van der Waals surface area contributed by atoms with E-state index >= 15 is 0 Å². The fourth-order valence-corrected chi connectivity index (χ4v) is 2.76. The number of hydrogen-bond donors (Lipinski definition) is 0. The first-order valence-electron chi connectivity index (χ1n) is 6.62. The molecule has 18 heavy (non-hydrogen) atoms. The SMILES string of the molecule is COC(=O)C(C)N1CCCC[C@@H]1c1ccccc1. The number of hydrogen-bond acceptors (Lipinski definition) is 3. The monoisotopic (exact) mass is 247 g/mol. The highest BCUT2D eigenvalue weighted by molar-refractivity contribution is 5.75. The Morgan fingerprint density at radius 3 is 2.72 bits per heavy atom. The molecular formula is C15H21NO2. The van der Waals surface area contributed by atoms with Gasteiger partial charge in [0.15, 0.2) is 0 Å². The van der Waals surface area contributed by atoms with E-state index in [-0.39, 0.29) is 12.0 Å². The second-order valence-electron chi connectivity index (χ2n) is 4.86. The maximum Gasteiger partial charge on any atom is 0.322 e. The van der Waals surface area contributed by atoms with Crippen molar-refractivity contribution < 1.29 is 9.53 Å². The van der Waals surface area contributed by atoms with Crippen molar-refractivity contribution in [3.05, 3.63) is 35.9 Å². The molecule has 1 fully saturated rings. The Labute approximate surface area is 109 Å². The van der Waals surface area contributed by atoms with Gasteiger partial charge in [0.05, 0.1) is 7.11 Å². The summed E-state index contributed by atoms with van der Waals surface area (Å²) >= 11 is 0. The van der Waals surface area contributed by atoms with Crippen LogP contribution in [0.2, 0.25) is 0 Å². The van der Waals surface area contributed by atoms with E-state index in [0.29, 0.717) is 6.04 Å². The molecular weight excluding hydrogens is 226 g/mol.